The van der Waals surface area contributed by atoms with Crippen molar-refractivity contribution in [2.75, 3.05) is 18.4 Å². The number of amides is 1. The molecular formula is C12H18N2O. The van der Waals surface area contributed by atoms with Gasteiger partial charge in [-0.15, -0.1) is 0 Å². The molecule has 2 N–H and O–H groups in total. The third-order valence-electron chi connectivity index (χ3n) is 2.07. The fraction of sp³-hybridized carbons (Fsp3) is 0.417. The maximum absolute atomic E-state index is 11.7. The van der Waals surface area contributed by atoms with Gasteiger partial charge < -0.3 is 10.6 Å². The fourth-order valence-electron chi connectivity index (χ4n) is 1.36. The molecule has 3 nitrogen and oxygen atoms in total. The average Bonchev–Trinajstić information content (AvgIpc) is 2.27. The molecule has 0 saturated heterocycles. The molecule has 0 aliphatic heterocycles. The van der Waals surface area contributed by atoms with E-state index in [9.17, 15) is 4.79 Å². The molecule has 0 bridgehead atoms. The Labute approximate surface area is 90.9 Å². The Balaban J connectivity index is 2.77. The summed E-state index contributed by atoms with van der Waals surface area (Å²) in [6.45, 7) is 5.59. The van der Waals surface area contributed by atoms with Gasteiger partial charge in [0, 0.05) is 18.8 Å². The Kier molecular flexibility index (Phi) is 4.68. The van der Waals surface area contributed by atoms with E-state index in [2.05, 4.69) is 10.6 Å². The molecule has 0 atom stereocenters. The summed E-state index contributed by atoms with van der Waals surface area (Å²) in [4.78, 5) is 11.7. The summed E-state index contributed by atoms with van der Waals surface area (Å²) in [6, 6.07) is 7.56. The molecule has 0 aliphatic carbocycles. The van der Waals surface area contributed by atoms with Gasteiger partial charge in [-0.25, -0.2) is 0 Å². The number of carbonyl (C=O) groups is 1. The summed E-state index contributed by atoms with van der Waals surface area (Å²) >= 11 is 0. The molecule has 0 saturated carbocycles. The van der Waals surface area contributed by atoms with Gasteiger partial charge >= 0.3 is 0 Å². The highest BCUT2D eigenvalue weighted by Crippen LogP contribution is 2.14. The second-order valence-electron chi connectivity index (χ2n) is 3.33. The van der Waals surface area contributed by atoms with Gasteiger partial charge in [-0.2, -0.15) is 0 Å². The van der Waals surface area contributed by atoms with Crippen molar-refractivity contribution in [3.8, 4) is 0 Å². The van der Waals surface area contributed by atoms with E-state index in [1.165, 1.54) is 0 Å². The van der Waals surface area contributed by atoms with Gasteiger partial charge in [0.2, 0.25) is 0 Å². The summed E-state index contributed by atoms with van der Waals surface area (Å²) in [6.07, 6.45) is 0.953. The van der Waals surface area contributed by atoms with Gasteiger partial charge in [-0.05, 0) is 25.5 Å². The van der Waals surface area contributed by atoms with E-state index in [0.717, 1.165) is 25.2 Å². The van der Waals surface area contributed by atoms with Crippen LogP contribution in [0.15, 0.2) is 24.3 Å². The number of rotatable bonds is 5. The van der Waals surface area contributed by atoms with Crippen molar-refractivity contribution in [2.45, 2.75) is 20.3 Å². The van der Waals surface area contributed by atoms with E-state index in [1.807, 2.05) is 38.1 Å². The lowest BCUT2D eigenvalue weighted by Gasteiger charge is -2.10. The first-order chi connectivity index (χ1) is 7.29. The molecule has 0 unspecified atom stereocenters. The van der Waals surface area contributed by atoms with Crippen LogP contribution in [0.25, 0.3) is 0 Å². The van der Waals surface area contributed by atoms with Crippen LogP contribution in [0.5, 0.6) is 0 Å². The Hall–Kier alpha value is -1.51. The minimum absolute atomic E-state index is 0.00611. The van der Waals surface area contributed by atoms with Crippen LogP contribution in [0.3, 0.4) is 0 Å². The van der Waals surface area contributed by atoms with E-state index in [-0.39, 0.29) is 5.91 Å². The van der Waals surface area contributed by atoms with Crippen molar-refractivity contribution in [1.82, 2.24) is 5.32 Å². The molecule has 1 aromatic rings. The lowest BCUT2D eigenvalue weighted by atomic mass is 10.1. The Morgan fingerprint density at radius 3 is 2.67 bits per heavy atom. The van der Waals surface area contributed by atoms with Gasteiger partial charge in [-0.3, -0.25) is 4.79 Å². The zero-order valence-corrected chi connectivity index (χ0v) is 9.34. The predicted octanol–water partition coefficient (Wildman–Crippen LogP) is 2.26. The normalized spacial score (nSPS) is 9.73. The van der Waals surface area contributed by atoms with Crippen molar-refractivity contribution in [2.24, 2.45) is 0 Å². The van der Waals surface area contributed by atoms with E-state index in [1.54, 1.807) is 0 Å². The SMILES string of the molecule is CCCNC(=O)c1ccccc1NCC. The van der Waals surface area contributed by atoms with E-state index in [4.69, 9.17) is 0 Å². The van der Waals surface area contributed by atoms with Crippen LogP contribution in [-0.4, -0.2) is 19.0 Å². The summed E-state index contributed by atoms with van der Waals surface area (Å²) in [5, 5.41) is 6.04. The van der Waals surface area contributed by atoms with E-state index < -0.39 is 0 Å². The zero-order valence-electron chi connectivity index (χ0n) is 9.34. The van der Waals surface area contributed by atoms with E-state index in [0.29, 0.717) is 5.56 Å². The number of hydrogen-bond donors (Lipinski definition) is 2. The van der Waals surface area contributed by atoms with Crippen LogP contribution in [0.1, 0.15) is 30.6 Å². The minimum Gasteiger partial charge on any atom is -0.385 e. The zero-order chi connectivity index (χ0) is 11.1. The second kappa shape index (κ2) is 6.06. The van der Waals surface area contributed by atoms with Gasteiger partial charge in [0.15, 0.2) is 0 Å². The third-order valence-corrected chi connectivity index (χ3v) is 2.07. The molecule has 0 fully saturated rings. The molecule has 3 heteroatoms. The van der Waals surface area contributed by atoms with Crippen LogP contribution in [0.4, 0.5) is 5.69 Å². The largest absolute Gasteiger partial charge is 0.385 e. The molecular weight excluding hydrogens is 188 g/mol. The number of carbonyl (C=O) groups excluding carboxylic acids is 1. The first kappa shape index (κ1) is 11.6. The van der Waals surface area contributed by atoms with Gasteiger partial charge in [0.05, 0.1) is 5.56 Å². The average molecular weight is 206 g/mol. The molecule has 0 heterocycles. The lowest BCUT2D eigenvalue weighted by molar-refractivity contribution is 0.0954. The fourth-order valence-corrected chi connectivity index (χ4v) is 1.36. The van der Waals surface area contributed by atoms with Crippen molar-refractivity contribution < 1.29 is 4.79 Å². The molecule has 0 aliphatic rings. The van der Waals surface area contributed by atoms with Crippen LogP contribution < -0.4 is 10.6 Å². The molecule has 0 radical (unpaired) electrons. The van der Waals surface area contributed by atoms with Crippen LogP contribution >= 0.6 is 0 Å². The highest BCUT2D eigenvalue weighted by Gasteiger charge is 2.08. The molecule has 1 aromatic carbocycles. The summed E-state index contributed by atoms with van der Waals surface area (Å²) in [7, 11) is 0. The highest BCUT2D eigenvalue weighted by atomic mass is 16.1. The molecule has 1 rings (SSSR count). The monoisotopic (exact) mass is 206 g/mol. The Morgan fingerprint density at radius 1 is 1.27 bits per heavy atom. The van der Waals surface area contributed by atoms with Crippen LogP contribution in [0, 0.1) is 0 Å². The maximum atomic E-state index is 11.7. The Bertz CT molecular complexity index is 323. The van der Waals surface area contributed by atoms with Crippen molar-refractivity contribution >= 4 is 11.6 Å². The number of benzene rings is 1. The topological polar surface area (TPSA) is 41.1 Å². The molecule has 0 aromatic heterocycles. The number of nitrogens with one attached hydrogen (secondary N) is 2. The highest BCUT2D eigenvalue weighted by molar-refractivity contribution is 5.99. The smallest absolute Gasteiger partial charge is 0.253 e. The standard InChI is InChI=1S/C12H18N2O/c1-3-9-14-12(15)10-7-5-6-8-11(10)13-4-2/h5-8,13H,3-4,9H2,1-2H3,(H,14,15). The Morgan fingerprint density at radius 2 is 2.00 bits per heavy atom. The molecule has 82 valence electrons. The molecule has 15 heavy (non-hydrogen) atoms. The van der Waals surface area contributed by atoms with Gasteiger partial charge in [0.25, 0.3) is 5.91 Å². The maximum Gasteiger partial charge on any atom is 0.253 e. The first-order valence-electron chi connectivity index (χ1n) is 5.40. The minimum atomic E-state index is -0.00611. The number of anilines is 1. The van der Waals surface area contributed by atoms with Gasteiger partial charge in [-0.1, -0.05) is 19.1 Å². The molecule has 1 amide bonds. The van der Waals surface area contributed by atoms with Crippen molar-refractivity contribution in [3.63, 3.8) is 0 Å². The molecule has 0 spiro atoms. The number of para-hydroxylation sites is 1. The number of hydrogen-bond acceptors (Lipinski definition) is 2. The quantitative estimate of drug-likeness (QED) is 0.776. The van der Waals surface area contributed by atoms with Crippen molar-refractivity contribution in [3.05, 3.63) is 29.8 Å². The first-order valence-corrected chi connectivity index (χ1v) is 5.40. The lowest BCUT2D eigenvalue weighted by Crippen LogP contribution is -2.25. The summed E-state index contributed by atoms with van der Waals surface area (Å²) in [5.74, 6) is -0.00611. The summed E-state index contributed by atoms with van der Waals surface area (Å²) < 4.78 is 0. The van der Waals surface area contributed by atoms with Gasteiger partial charge in [0.1, 0.15) is 0 Å². The third kappa shape index (κ3) is 3.27. The second-order valence-corrected chi connectivity index (χ2v) is 3.33. The van der Waals surface area contributed by atoms with Crippen LogP contribution in [-0.2, 0) is 0 Å². The summed E-state index contributed by atoms with van der Waals surface area (Å²) in [5.41, 5.74) is 1.61. The van der Waals surface area contributed by atoms with E-state index >= 15 is 0 Å². The predicted molar refractivity (Wildman–Crippen MR) is 63.2 cm³/mol. The van der Waals surface area contributed by atoms with Crippen molar-refractivity contribution in [1.29, 1.82) is 0 Å². The van der Waals surface area contributed by atoms with Crippen LogP contribution in [0.2, 0.25) is 0 Å².